The predicted molar refractivity (Wildman–Crippen MR) is 74.9 cm³/mol. The number of halogens is 1. The molecule has 0 aliphatic carbocycles. The molecule has 0 atom stereocenters. The van der Waals surface area contributed by atoms with E-state index in [2.05, 4.69) is 25.9 Å². The lowest BCUT2D eigenvalue weighted by molar-refractivity contribution is 0.565. The van der Waals surface area contributed by atoms with Gasteiger partial charge in [0.05, 0.1) is 11.3 Å². The van der Waals surface area contributed by atoms with Crippen LogP contribution in [0.3, 0.4) is 0 Å². The van der Waals surface area contributed by atoms with Gasteiger partial charge in [-0.3, -0.25) is 0 Å². The number of rotatable bonds is 2. The van der Waals surface area contributed by atoms with E-state index >= 15 is 0 Å². The van der Waals surface area contributed by atoms with Crippen LogP contribution in [0.25, 0.3) is 22.6 Å². The van der Waals surface area contributed by atoms with E-state index in [-0.39, 0.29) is 0 Å². The molecule has 0 aliphatic heterocycles. The van der Waals surface area contributed by atoms with Gasteiger partial charge in [0.2, 0.25) is 12.0 Å². The van der Waals surface area contributed by atoms with E-state index in [1.807, 2.05) is 24.3 Å². The number of benzene rings is 2. The third kappa shape index (κ3) is 2.21. The molecule has 0 unspecified atom stereocenters. The van der Waals surface area contributed by atoms with Gasteiger partial charge in [0.1, 0.15) is 5.52 Å². The summed E-state index contributed by atoms with van der Waals surface area (Å²) in [7, 11) is 0. The molecule has 0 aliphatic rings. The molecule has 4 nitrogen and oxygen atoms in total. The monoisotopic (exact) mass is 314 g/mol. The van der Waals surface area contributed by atoms with Gasteiger partial charge in [0.15, 0.2) is 5.58 Å². The Hall–Kier alpha value is -2.23. The number of hydrogen-bond donors (Lipinski definition) is 0. The van der Waals surface area contributed by atoms with Gasteiger partial charge in [0.25, 0.3) is 0 Å². The van der Waals surface area contributed by atoms with E-state index in [1.165, 1.54) is 6.08 Å². The molecule has 0 saturated carbocycles. The van der Waals surface area contributed by atoms with Crippen LogP contribution >= 0.6 is 15.9 Å². The standard InChI is InChI=1S/C14H7BrN2O2/c15-11-4-2-1-3-10(11)14-17-12-7-9(16-8-18)5-6-13(12)19-14/h1-7H. The number of carbonyl (C=O) groups excluding carboxylic acids is 1. The second-order valence-electron chi connectivity index (χ2n) is 3.85. The van der Waals surface area contributed by atoms with Crippen molar-refractivity contribution in [2.75, 3.05) is 0 Å². The number of nitrogens with zero attached hydrogens (tertiary/aromatic N) is 2. The zero-order chi connectivity index (χ0) is 13.2. The molecule has 2 aromatic carbocycles. The fraction of sp³-hybridized carbons (Fsp3) is 0. The molecule has 1 heterocycles. The van der Waals surface area contributed by atoms with Gasteiger partial charge in [-0.05, 0) is 46.3 Å². The Kier molecular flexibility index (Phi) is 2.99. The van der Waals surface area contributed by atoms with Crippen molar-refractivity contribution in [3.8, 4) is 11.5 Å². The van der Waals surface area contributed by atoms with Crippen molar-refractivity contribution in [1.29, 1.82) is 0 Å². The lowest BCUT2D eigenvalue weighted by Gasteiger charge is -1.97. The minimum Gasteiger partial charge on any atom is -0.436 e. The third-order valence-corrected chi connectivity index (χ3v) is 3.34. The average molecular weight is 315 g/mol. The Morgan fingerprint density at radius 3 is 2.84 bits per heavy atom. The molecule has 0 saturated heterocycles. The summed E-state index contributed by atoms with van der Waals surface area (Å²) in [6, 6.07) is 12.8. The summed E-state index contributed by atoms with van der Waals surface area (Å²) < 4.78 is 6.60. The molecule has 19 heavy (non-hydrogen) atoms. The Morgan fingerprint density at radius 1 is 1.21 bits per heavy atom. The van der Waals surface area contributed by atoms with Crippen LogP contribution in [-0.4, -0.2) is 11.1 Å². The van der Waals surface area contributed by atoms with E-state index in [4.69, 9.17) is 4.42 Å². The first kappa shape index (κ1) is 11.8. The number of aromatic nitrogens is 1. The zero-order valence-corrected chi connectivity index (χ0v) is 11.2. The first-order valence-corrected chi connectivity index (χ1v) is 6.30. The summed E-state index contributed by atoms with van der Waals surface area (Å²) in [6.45, 7) is 0. The summed E-state index contributed by atoms with van der Waals surface area (Å²) in [5.74, 6) is 0.523. The smallest absolute Gasteiger partial charge is 0.240 e. The number of aliphatic imine (C=N–C) groups is 1. The van der Waals surface area contributed by atoms with Crippen molar-refractivity contribution in [3.05, 3.63) is 46.9 Å². The first-order chi connectivity index (χ1) is 9.28. The maximum Gasteiger partial charge on any atom is 0.240 e. The van der Waals surface area contributed by atoms with Crippen LogP contribution in [0.5, 0.6) is 0 Å². The maximum atomic E-state index is 10.2. The molecule has 0 amide bonds. The van der Waals surface area contributed by atoms with E-state index in [1.54, 1.807) is 18.2 Å². The minimum absolute atomic E-state index is 0.509. The second kappa shape index (κ2) is 4.80. The molecule has 1 aromatic heterocycles. The first-order valence-electron chi connectivity index (χ1n) is 5.51. The summed E-state index contributed by atoms with van der Waals surface area (Å²) in [4.78, 5) is 18.2. The van der Waals surface area contributed by atoms with Crippen LogP contribution in [0.4, 0.5) is 5.69 Å². The lowest BCUT2D eigenvalue weighted by Crippen LogP contribution is -1.78. The lowest BCUT2D eigenvalue weighted by atomic mass is 10.2. The molecule has 3 aromatic rings. The highest BCUT2D eigenvalue weighted by Crippen LogP contribution is 2.31. The van der Waals surface area contributed by atoms with Gasteiger partial charge >= 0.3 is 0 Å². The topological polar surface area (TPSA) is 55.5 Å². The van der Waals surface area contributed by atoms with E-state index in [0.717, 1.165) is 10.0 Å². The van der Waals surface area contributed by atoms with Crippen LogP contribution < -0.4 is 0 Å². The molecule has 0 bridgehead atoms. The fourth-order valence-electron chi connectivity index (χ4n) is 1.79. The molecule has 0 radical (unpaired) electrons. The van der Waals surface area contributed by atoms with Gasteiger partial charge in [-0.1, -0.05) is 12.1 Å². The van der Waals surface area contributed by atoms with Crippen LogP contribution in [0.1, 0.15) is 0 Å². The number of hydrogen-bond acceptors (Lipinski definition) is 4. The SMILES string of the molecule is O=C=Nc1ccc2oc(-c3ccccc3Br)nc2c1. The van der Waals surface area contributed by atoms with Gasteiger partial charge < -0.3 is 4.42 Å². The number of fused-ring (bicyclic) bond motifs is 1. The van der Waals surface area contributed by atoms with Crippen molar-refractivity contribution in [2.45, 2.75) is 0 Å². The average Bonchev–Trinajstić information content (AvgIpc) is 2.82. The predicted octanol–water partition coefficient (Wildman–Crippen LogP) is 4.22. The third-order valence-electron chi connectivity index (χ3n) is 2.65. The molecule has 0 N–H and O–H groups in total. The number of oxazole rings is 1. The highest BCUT2D eigenvalue weighted by atomic mass is 79.9. The molecular weight excluding hydrogens is 308 g/mol. The molecular formula is C14H7BrN2O2. The summed E-state index contributed by atoms with van der Waals surface area (Å²) in [6.07, 6.45) is 1.51. The fourth-order valence-corrected chi connectivity index (χ4v) is 2.24. The van der Waals surface area contributed by atoms with E-state index < -0.39 is 0 Å². The minimum atomic E-state index is 0.509. The summed E-state index contributed by atoms with van der Waals surface area (Å²) >= 11 is 3.46. The van der Waals surface area contributed by atoms with Gasteiger partial charge in [-0.2, -0.15) is 4.99 Å². The van der Waals surface area contributed by atoms with E-state index in [0.29, 0.717) is 22.7 Å². The van der Waals surface area contributed by atoms with Crippen molar-refractivity contribution in [1.82, 2.24) is 4.98 Å². The van der Waals surface area contributed by atoms with Gasteiger partial charge in [-0.25, -0.2) is 9.78 Å². The molecule has 0 spiro atoms. The second-order valence-corrected chi connectivity index (χ2v) is 4.71. The summed E-state index contributed by atoms with van der Waals surface area (Å²) in [5.41, 5.74) is 2.69. The maximum absolute atomic E-state index is 10.2. The van der Waals surface area contributed by atoms with Crippen molar-refractivity contribution in [3.63, 3.8) is 0 Å². The van der Waals surface area contributed by atoms with Crippen LogP contribution in [-0.2, 0) is 4.79 Å². The highest BCUT2D eigenvalue weighted by molar-refractivity contribution is 9.10. The van der Waals surface area contributed by atoms with Crippen molar-refractivity contribution >= 4 is 38.8 Å². The normalized spacial score (nSPS) is 10.4. The number of isocyanates is 1. The van der Waals surface area contributed by atoms with Gasteiger partial charge in [-0.15, -0.1) is 0 Å². The van der Waals surface area contributed by atoms with Gasteiger partial charge in [0, 0.05) is 4.47 Å². The van der Waals surface area contributed by atoms with E-state index in [9.17, 15) is 4.79 Å². The Morgan fingerprint density at radius 2 is 2.05 bits per heavy atom. The summed E-state index contributed by atoms with van der Waals surface area (Å²) in [5, 5.41) is 0. The largest absolute Gasteiger partial charge is 0.436 e. The molecule has 3 rings (SSSR count). The Labute approximate surface area is 116 Å². The quantitative estimate of drug-likeness (QED) is 0.525. The molecule has 0 fully saturated rings. The Balaban J connectivity index is 2.17. The van der Waals surface area contributed by atoms with Crippen LogP contribution in [0, 0.1) is 0 Å². The molecule has 5 heteroatoms. The van der Waals surface area contributed by atoms with Crippen LogP contribution in [0.15, 0.2) is 56.3 Å². The molecule has 92 valence electrons. The highest BCUT2D eigenvalue weighted by Gasteiger charge is 2.11. The van der Waals surface area contributed by atoms with Crippen molar-refractivity contribution < 1.29 is 9.21 Å². The zero-order valence-electron chi connectivity index (χ0n) is 9.63. The van der Waals surface area contributed by atoms with Crippen LogP contribution in [0.2, 0.25) is 0 Å². The Bertz CT molecular complexity index is 804. The van der Waals surface area contributed by atoms with Crippen molar-refractivity contribution in [2.24, 2.45) is 4.99 Å².